The number of halogens is 1. The van der Waals surface area contributed by atoms with Gasteiger partial charge in [-0.05, 0) is 41.0 Å². The maximum Gasteiger partial charge on any atom is 0.131 e. The van der Waals surface area contributed by atoms with Gasteiger partial charge in [-0.2, -0.15) is 0 Å². The van der Waals surface area contributed by atoms with Crippen molar-refractivity contribution >= 4 is 11.3 Å². The second-order valence-electron chi connectivity index (χ2n) is 5.92. The summed E-state index contributed by atoms with van der Waals surface area (Å²) in [6, 6.07) is 9.92. The van der Waals surface area contributed by atoms with Crippen LogP contribution in [0.3, 0.4) is 0 Å². The van der Waals surface area contributed by atoms with Crippen LogP contribution in [0.15, 0.2) is 35.7 Å². The standard InChI is InChI=1S/C16H18FNS/c1-16(2)9-15(16)18-10-11-5-6-13(17)12(8-11)14-4-3-7-19-14/h3-8,15,18H,9-10H2,1-2H3. The molecular weight excluding hydrogens is 257 g/mol. The smallest absolute Gasteiger partial charge is 0.131 e. The van der Waals surface area contributed by atoms with Crippen LogP contribution >= 0.6 is 11.3 Å². The summed E-state index contributed by atoms with van der Waals surface area (Å²) < 4.78 is 13.9. The van der Waals surface area contributed by atoms with Gasteiger partial charge in [-0.15, -0.1) is 11.3 Å². The fraction of sp³-hybridized carbons (Fsp3) is 0.375. The van der Waals surface area contributed by atoms with Crippen LogP contribution in [0.2, 0.25) is 0 Å². The molecule has 0 spiro atoms. The summed E-state index contributed by atoms with van der Waals surface area (Å²) in [5.41, 5.74) is 2.29. The molecule has 1 fully saturated rings. The van der Waals surface area contributed by atoms with Gasteiger partial charge in [0.2, 0.25) is 0 Å². The van der Waals surface area contributed by atoms with Crippen molar-refractivity contribution in [2.45, 2.75) is 32.9 Å². The van der Waals surface area contributed by atoms with Gasteiger partial charge in [0.15, 0.2) is 0 Å². The quantitative estimate of drug-likeness (QED) is 0.869. The molecule has 1 N–H and O–H groups in total. The first-order chi connectivity index (χ1) is 9.06. The van der Waals surface area contributed by atoms with Crippen LogP contribution in [0, 0.1) is 11.2 Å². The molecule has 1 aliphatic rings. The zero-order chi connectivity index (χ0) is 13.5. The molecule has 3 heteroatoms. The fourth-order valence-electron chi connectivity index (χ4n) is 2.36. The Morgan fingerprint density at radius 2 is 2.16 bits per heavy atom. The minimum atomic E-state index is -0.141. The zero-order valence-electron chi connectivity index (χ0n) is 11.2. The summed E-state index contributed by atoms with van der Waals surface area (Å²) in [5.74, 6) is -0.141. The molecular formula is C16H18FNS. The minimum Gasteiger partial charge on any atom is -0.309 e. The molecule has 1 nitrogen and oxygen atoms in total. The van der Waals surface area contributed by atoms with E-state index in [2.05, 4.69) is 19.2 Å². The Labute approximate surface area is 117 Å². The lowest BCUT2D eigenvalue weighted by molar-refractivity contribution is 0.541. The van der Waals surface area contributed by atoms with Crippen LogP contribution in [0.4, 0.5) is 4.39 Å². The lowest BCUT2D eigenvalue weighted by atomic mass is 10.1. The van der Waals surface area contributed by atoms with E-state index in [9.17, 15) is 4.39 Å². The van der Waals surface area contributed by atoms with Gasteiger partial charge in [0, 0.05) is 23.0 Å². The van der Waals surface area contributed by atoms with Gasteiger partial charge in [0.1, 0.15) is 5.82 Å². The summed E-state index contributed by atoms with van der Waals surface area (Å²) in [4.78, 5) is 0.992. The predicted molar refractivity (Wildman–Crippen MR) is 78.7 cm³/mol. The average molecular weight is 275 g/mol. The van der Waals surface area contributed by atoms with E-state index in [-0.39, 0.29) is 5.82 Å². The van der Waals surface area contributed by atoms with Crippen molar-refractivity contribution < 1.29 is 4.39 Å². The third kappa shape index (κ3) is 2.72. The van der Waals surface area contributed by atoms with Gasteiger partial charge < -0.3 is 5.32 Å². The Bertz CT molecular complexity index is 574. The van der Waals surface area contributed by atoms with Crippen LogP contribution in [0.5, 0.6) is 0 Å². The molecule has 1 saturated carbocycles. The van der Waals surface area contributed by atoms with Crippen molar-refractivity contribution in [2.75, 3.05) is 0 Å². The summed E-state index contributed by atoms with van der Waals surface area (Å²) in [6.07, 6.45) is 1.23. The normalized spacial score (nSPS) is 20.5. The highest BCUT2D eigenvalue weighted by molar-refractivity contribution is 7.13. The third-order valence-corrected chi connectivity index (χ3v) is 4.79. The highest BCUT2D eigenvalue weighted by Crippen LogP contribution is 2.44. The van der Waals surface area contributed by atoms with Crippen LogP contribution in [-0.2, 0) is 6.54 Å². The first-order valence-corrected chi connectivity index (χ1v) is 7.50. The fourth-order valence-corrected chi connectivity index (χ4v) is 3.10. The van der Waals surface area contributed by atoms with E-state index >= 15 is 0 Å². The zero-order valence-corrected chi connectivity index (χ0v) is 12.1. The largest absolute Gasteiger partial charge is 0.309 e. The Morgan fingerprint density at radius 3 is 2.79 bits per heavy atom. The Balaban J connectivity index is 1.75. The van der Waals surface area contributed by atoms with Gasteiger partial charge in [-0.1, -0.05) is 26.0 Å². The van der Waals surface area contributed by atoms with Crippen molar-refractivity contribution in [2.24, 2.45) is 5.41 Å². The highest BCUT2D eigenvalue weighted by Gasteiger charge is 2.44. The predicted octanol–water partition coefficient (Wildman–Crippen LogP) is 4.44. The van der Waals surface area contributed by atoms with Crippen LogP contribution in [0.25, 0.3) is 10.4 Å². The Kier molecular flexibility index (Phi) is 3.19. The average Bonchev–Trinajstić information content (AvgIpc) is 2.82. The second-order valence-corrected chi connectivity index (χ2v) is 6.87. The molecule has 2 aromatic rings. The van der Waals surface area contributed by atoms with Crippen molar-refractivity contribution in [1.29, 1.82) is 0 Å². The first kappa shape index (κ1) is 12.8. The van der Waals surface area contributed by atoms with Gasteiger partial charge in [0.05, 0.1) is 0 Å². The molecule has 0 aliphatic heterocycles. The van der Waals surface area contributed by atoms with Crippen molar-refractivity contribution in [1.82, 2.24) is 5.32 Å². The van der Waals surface area contributed by atoms with E-state index < -0.39 is 0 Å². The monoisotopic (exact) mass is 275 g/mol. The highest BCUT2D eigenvalue weighted by atomic mass is 32.1. The van der Waals surface area contributed by atoms with Crippen molar-refractivity contribution in [3.63, 3.8) is 0 Å². The number of hydrogen-bond donors (Lipinski definition) is 1. The topological polar surface area (TPSA) is 12.0 Å². The molecule has 0 bridgehead atoms. The summed E-state index contributed by atoms with van der Waals surface area (Å²) >= 11 is 1.57. The van der Waals surface area contributed by atoms with E-state index in [1.165, 1.54) is 6.42 Å². The molecule has 1 atom stereocenters. The number of nitrogens with one attached hydrogen (secondary N) is 1. The lowest BCUT2D eigenvalue weighted by Crippen LogP contribution is -2.19. The SMILES string of the molecule is CC1(C)CC1NCc1ccc(F)c(-c2cccs2)c1. The molecule has 1 aromatic carbocycles. The van der Waals surface area contributed by atoms with E-state index in [1.807, 2.05) is 29.6 Å². The second kappa shape index (κ2) is 4.73. The van der Waals surface area contributed by atoms with E-state index in [0.29, 0.717) is 17.0 Å². The Hall–Kier alpha value is -1.19. The number of thiophene rings is 1. The van der Waals surface area contributed by atoms with E-state index in [1.54, 1.807) is 17.4 Å². The van der Waals surface area contributed by atoms with Gasteiger partial charge in [-0.3, -0.25) is 0 Å². The maximum atomic E-state index is 13.9. The summed E-state index contributed by atoms with van der Waals surface area (Å²) in [5, 5.41) is 5.51. The molecule has 1 unspecified atom stereocenters. The summed E-state index contributed by atoms with van der Waals surface area (Å²) in [7, 11) is 0. The molecule has 19 heavy (non-hydrogen) atoms. The molecule has 100 valence electrons. The molecule has 1 aliphatic carbocycles. The molecule has 0 saturated heterocycles. The molecule has 3 rings (SSSR count). The number of benzene rings is 1. The van der Waals surface area contributed by atoms with Crippen molar-refractivity contribution in [3.05, 3.63) is 47.1 Å². The third-order valence-electron chi connectivity index (χ3n) is 3.88. The van der Waals surface area contributed by atoms with Gasteiger partial charge >= 0.3 is 0 Å². The van der Waals surface area contributed by atoms with Gasteiger partial charge in [-0.25, -0.2) is 4.39 Å². The van der Waals surface area contributed by atoms with E-state index in [0.717, 1.165) is 17.0 Å². The lowest BCUT2D eigenvalue weighted by Gasteiger charge is -2.08. The molecule has 0 radical (unpaired) electrons. The molecule has 1 heterocycles. The van der Waals surface area contributed by atoms with Crippen LogP contribution < -0.4 is 5.32 Å². The number of rotatable bonds is 4. The number of hydrogen-bond acceptors (Lipinski definition) is 2. The van der Waals surface area contributed by atoms with E-state index in [4.69, 9.17) is 0 Å². The van der Waals surface area contributed by atoms with Crippen molar-refractivity contribution in [3.8, 4) is 10.4 Å². The van der Waals surface area contributed by atoms with Crippen LogP contribution in [0.1, 0.15) is 25.8 Å². The first-order valence-electron chi connectivity index (χ1n) is 6.62. The Morgan fingerprint density at radius 1 is 1.37 bits per heavy atom. The van der Waals surface area contributed by atoms with Gasteiger partial charge in [0.25, 0.3) is 0 Å². The minimum absolute atomic E-state index is 0.141. The molecule has 0 amide bonds. The maximum absolute atomic E-state index is 13.9. The van der Waals surface area contributed by atoms with Crippen LogP contribution in [-0.4, -0.2) is 6.04 Å². The molecule has 1 aromatic heterocycles. The summed E-state index contributed by atoms with van der Waals surface area (Å²) in [6.45, 7) is 5.35.